The molecule has 0 N–H and O–H groups in total. The molecular weight excluding hydrogens is 466 g/mol. The summed E-state index contributed by atoms with van der Waals surface area (Å²) in [6.45, 7) is 4.81. The van der Waals surface area contributed by atoms with E-state index in [1.165, 1.54) is 0 Å². The van der Waals surface area contributed by atoms with E-state index in [9.17, 15) is 18.5 Å². The van der Waals surface area contributed by atoms with Crippen LogP contribution < -0.4 is 9.47 Å². The summed E-state index contributed by atoms with van der Waals surface area (Å²) < 4.78 is 52.2. The van der Waals surface area contributed by atoms with Crippen molar-refractivity contribution in [2.24, 2.45) is 0 Å². The van der Waals surface area contributed by atoms with E-state index < -0.39 is 15.0 Å². The molecular formula is C23H29NO9S. The lowest BCUT2D eigenvalue weighted by molar-refractivity contribution is -0.384. The number of methoxy groups -OCH3 is 2. The van der Waals surface area contributed by atoms with Gasteiger partial charge in [-0.25, -0.2) is 0 Å². The van der Waals surface area contributed by atoms with E-state index in [0.717, 1.165) is 41.8 Å². The van der Waals surface area contributed by atoms with Crippen molar-refractivity contribution in [3.8, 4) is 11.5 Å². The minimum atomic E-state index is -4.06. The molecule has 34 heavy (non-hydrogen) atoms. The lowest BCUT2D eigenvalue weighted by Gasteiger charge is -2.27. The van der Waals surface area contributed by atoms with Crippen molar-refractivity contribution >= 4 is 15.8 Å². The van der Waals surface area contributed by atoms with Gasteiger partial charge in [-0.2, -0.15) is 8.42 Å². The molecule has 0 radical (unpaired) electrons. The van der Waals surface area contributed by atoms with Crippen LogP contribution in [-0.4, -0.2) is 54.0 Å². The maximum atomic E-state index is 12.3. The Morgan fingerprint density at radius 1 is 1.09 bits per heavy atom. The Balaban J connectivity index is 1.63. The largest absolute Gasteiger partial charge is 0.493 e. The van der Waals surface area contributed by atoms with Gasteiger partial charge in [0.2, 0.25) is 0 Å². The second-order valence-electron chi connectivity index (χ2n) is 8.39. The predicted molar refractivity (Wildman–Crippen MR) is 123 cm³/mol. The minimum Gasteiger partial charge on any atom is -0.493 e. The highest BCUT2D eigenvalue weighted by atomic mass is 32.2. The SMILES string of the molecule is COc1cc2c(cc1OC)C(C)(C)CCOC2COCCOS(=O)(=O)c1ccc([N+](=O)[O-])cc1. The van der Waals surface area contributed by atoms with E-state index in [1.807, 2.05) is 12.1 Å². The molecule has 0 aromatic heterocycles. The highest BCUT2D eigenvalue weighted by molar-refractivity contribution is 7.86. The van der Waals surface area contributed by atoms with Crippen molar-refractivity contribution in [1.82, 2.24) is 0 Å². The summed E-state index contributed by atoms with van der Waals surface area (Å²) in [6.07, 6.45) is 0.436. The lowest BCUT2D eigenvalue weighted by atomic mass is 9.79. The topological polar surface area (TPSA) is 123 Å². The summed E-state index contributed by atoms with van der Waals surface area (Å²) in [5.74, 6) is 1.23. The fourth-order valence-electron chi connectivity index (χ4n) is 3.76. The van der Waals surface area contributed by atoms with Crippen LogP contribution >= 0.6 is 0 Å². The first-order valence-corrected chi connectivity index (χ1v) is 12.1. The van der Waals surface area contributed by atoms with Gasteiger partial charge < -0.3 is 18.9 Å². The van der Waals surface area contributed by atoms with E-state index in [0.29, 0.717) is 18.1 Å². The number of ether oxygens (including phenoxy) is 4. The highest BCUT2D eigenvalue weighted by Gasteiger charge is 2.32. The Morgan fingerprint density at radius 2 is 1.74 bits per heavy atom. The second kappa shape index (κ2) is 10.7. The van der Waals surface area contributed by atoms with Crippen molar-refractivity contribution in [2.45, 2.75) is 36.7 Å². The first-order valence-electron chi connectivity index (χ1n) is 10.7. The molecule has 10 nitrogen and oxygen atoms in total. The summed E-state index contributed by atoms with van der Waals surface area (Å²) in [7, 11) is -0.895. The Bertz CT molecular complexity index is 1110. The molecule has 1 heterocycles. The zero-order chi connectivity index (χ0) is 24.9. The molecule has 0 bridgehead atoms. The number of benzene rings is 2. The van der Waals surface area contributed by atoms with Gasteiger partial charge in [-0.1, -0.05) is 13.8 Å². The maximum Gasteiger partial charge on any atom is 0.297 e. The van der Waals surface area contributed by atoms with E-state index >= 15 is 0 Å². The zero-order valence-electron chi connectivity index (χ0n) is 19.6. The molecule has 0 fully saturated rings. The molecule has 1 unspecified atom stereocenters. The standard InChI is InChI=1S/C23H29NO9S/c1-23(2)9-10-32-22(18-13-20(29-3)21(30-4)14-19(18)23)15-31-11-12-33-34(27,28)17-7-5-16(6-8-17)24(25)26/h5-8,13-14,22H,9-12,15H2,1-4H3. The molecule has 0 amide bonds. The molecule has 11 heteroatoms. The number of non-ortho nitro benzene ring substituents is 1. The van der Waals surface area contributed by atoms with Gasteiger partial charge in [0.1, 0.15) is 6.10 Å². The van der Waals surface area contributed by atoms with Gasteiger partial charge in [0.25, 0.3) is 15.8 Å². The van der Waals surface area contributed by atoms with Crippen molar-refractivity contribution < 1.29 is 36.5 Å². The molecule has 1 aliphatic rings. The average molecular weight is 496 g/mol. The van der Waals surface area contributed by atoms with Gasteiger partial charge in [0, 0.05) is 18.7 Å². The van der Waals surface area contributed by atoms with Crippen molar-refractivity contribution in [2.75, 3.05) is 40.6 Å². The first-order chi connectivity index (χ1) is 16.1. The number of hydrogen-bond acceptors (Lipinski definition) is 9. The predicted octanol–water partition coefficient (Wildman–Crippen LogP) is 3.77. The van der Waals surface area contributed by atoms with Crippen LogP contribution in [0.25, 0.3) is 0 Å². The second-order valence-corrected chi connectivity index (χ2v) is 10.0. The number of hydrogen-bond donors (Lipinski definition) is 0. The number of rotatable bonds is 10. The zero-order valence-corrected chi connectivity index (χ0v) is 20.4. The Labute approximate surface area is 199 Å². The van der Waals surface area contributed by atoms with Crippen LogP contribution in [-0.2, 0) is 29.2 Å². The van der Waals surface area contributed by atoms with Crippen LogP contribution in [0, 0.1) is 10.1 Å². The smallest absolute Gasteiger partial charge is 0.297 e. The fourth-order valence-corrected chi connectivity index (χ4v) is 4.65. The number of nitro benzene ring substituents is 1. The normalized spacial score (nSPS) is 17.5. The third-order valence-corrected chi connectivity index (χ3v) is 7.08. The molecule has 0 spiro atoms. The Morgan fingerprint density at radius 3 is 2.35 bits per heavy atom. The monoisotopic (exact) mass is 495 g/mol. The van der Waals surface area contributed by atoms with Crippen LogP contribution in [0.2, 0.25) is 0 Å². The van der Waals surface area contributed by atoms with Gasteiger partial charge >= 0.3 is 0 Å². The fraction of sp³-hybridized carbons (Fsp3) is 0.478. The Kier molecular flexibility index (Phi) is 8.13. The average Bonchev–Trinajstić information content (AvgIpc) is 2.93. The van der Waals surface area contributed by atoms with Crippen molar-refractivity contribution in [3.63, 3.8) is 0 Å². The summed E-state index contributed by atoms with van der Waals surface area (Å²) in [4.78, 5) is 9.95. The summed E-state index contributed by atoms with van der Waals surface area (Å²) in [6, 6.07) is 8.35. The lowest BCUT2D eigenvalue weighted by Crippen LogP contribution is -2.19. The third-order valence-electron chi connectivity index (χ3n) is 5.75. The molecule has 2 aromatic rings. The van der Waals surface area contributed by atoms with E-state index in [4.69, 9.17) is 23.1 Å². The minimum absolute atomic E-state index is 0.0120. The molecule has 0 saturated heterocycles. The first kappa shape index (κ1) is 25.9. The van der Waals surface area contributed by atoms with Crippen molar-refractivity contribution in [1.29, 1.82) is 0 Å². The summed E-state index contributed by atoms with van der Waals surface area (Å²) in [5.41, 5.74) is 1.65. The Hall–Kier alpha value is -2.73. The third kappa shape index (κ3) is 5.84. The van der Waals surface area contributed by atoms with E-state index in [1.54, 1.807) is 14.2 Å². The molecule has 0 saturated carbocycles. The molecule has 0 aliphatic carbocycles. The van der Waals surface area contributed by atoms with Crippen LogP contribution in [0.15, 0.2) is 41.3 Å². The van der Waals surface area contributed by atoms with Gasteiger partial charge in [-0.15, -0.1) is 0 Å². The molecule has 1 atom stereocenters. The van der Waals surface area contributed by atoms with Crippen LogP contribution in [0.5, 0.6) is 11.5 Å². The summed E-state index contributed by atoms with van der Waals surface area (Å²) >= 11 is 0. The van der Waals surface area contributed by atoms with Crippen LogP contribution in [0.4, 0.5) is 5.69 Å². The molecule has 3 rings (SSSR count). The van der Waals surface area contributed by atoms with Gasteiger partial charge in [0.15, 0.2) is 11.5 Å². The summed E-state index contributed by atoms with van der Waals surface area (Å²) in [5, 5.41) is 10.7. The molecule has 2 aromatic carbocycles. The maximum absolute atomic E-state index is 12.3. The van der Waals surface area contributed by atoms with E-state index in [2.05, 4.69) is 13.8 Å². The van der Waals surface area contributed by atoms with Gasteiger partial charge in [0.05, 0.1) is 43.9 Å². The molecule has 1 aliphatic heterocycles. The number of nitro groups is 1. The van der Waals surface area contributed by atoms with Gasteiger partial charge in [-0.05, 0) is 47.2 Å². The highest BCUT2D eigenvalue weighted by Crippen LogP contribution is 2.43. The quantitative estimate of drug-likeness (QED) is 0.210. The van der Waals surface area contributed by atoms with E-state index in [-0.39, 0.29) is 41.9 Å². The van der Waals surface area contributed by atoms with Crippen LogP contribution in [0.3, 0.4) is 0 Å². The number of nitrogens with zero attached hydrogens (tertiary/aromatic N) is 1. The van der Waals surface area contributed by atoms with Crippen LogP contribution in [0.1, 0.15) is 37.5 Å². The molecule has 186 valence electrons. The number of fused-ring (bicyclic) bond motifs is 1. The van der Waals surface area contributed by atoms with Gasteiger partial charge in [-0.3, -0.25) is 14.3 Å². The van der Waals surface area contributed by atoms with Crippen molar-refractivity contribution in [3.05, 3.63) is 57.6 Å².